The van der Waals surface area contributed by atoms with Crippen molar-refractivity contribution in [2.75, 3.05) is 12.4 Å². The molecule has 0 heterocycles. The van der Waals surface area contributed by atoms with Gasteiger partial charge in [-0.15, -0.1) is 0 Å². The average molecular weight is 277 g/mol. The highest BCUT2D eigenvalue weighted by molar-refractivity contribution is 5.47. The first-order chi connectivity index (χ1) is 9.60. The summed E-state index contributed by atoms with van der Waals surface area (Å²) < 4.78 is 32.1. The molecule has 0 bridgehead atoms. The molecule has 2 aromatic carbocycles. The summed E-state index contributed by atoms with van der Waals surface area (Å²) >= 11 is 0. The van der Waals surface area contributed by atoms with Crippen molar-refractivity contribution in [1.82, 2.24) is 0 Å². The Balaban J connectivity index is 2.03. The Kier molecular flexibility index (Phi) is 4.56. The SMILES string of the molecule is COc1ccc(CC(C)Nc2c(F)cccc2F)cc1. The zero-order valence-electron chi connectivity index (χ0n) is 11.5. The number of hydrogen-bond donors (Lipinski definition) is 1. The van der Waals surface area contributed by atoms with Gasteiger partial charge in [0.15, 0.2) is 0 Å². The molecule has 2 aromatic rings. The maximum atomic E-state index is 13.5. The first kappa shape index (κ1) is 14.3. The molecule has 0 saturated carbocycles. The van der Waals surface area contributed by atoms with Crippen molar-refractivity contribution in [2.45, 2.75) is 19.4 Å². The van der Waals surface area contributed by atoms with Gasteiger partial charge in [-0.25, -0.2) is 8.78 Å². The number of halogens is 2. The lowest BCUT2D eigenvalue weighted by Crippen LogP contribution is -2.19. The molecule has 0 aliphatic carbocycles. The van der Waals surface area contributed by atoms with Crippen molar-refractivity contribution in [2.24, 2.45) is 0 Å². The Morgan fingerprint density at radius 1 is 1.05 bits per heavy atom. The molecule has 1 atom stereocenters. The Hall–Kier alpha value is -2.10. The molecule has 0 amide bonds. The van der Waals surface area contributed by atoms with E-state index in [1.807, 2.05) is 31.2 Å². The molecule has 1 N–H and O–H groups in total. The van der Waals surface area contributed by atoms with Gasteiger partial charge in [-0.2, -0.15) is 0 Å². The topological polar surface area (TPSA) is 21.3 Å². The van der Waals surface area contributed by atoms with Gasteiger partial charge in [0.05, 0.1) is 7.11 Å². The monoisotopic (exact) mass is 277 g/mol. The zero-order valence-corrected chi connectivity index (χ0v) is 11.5. The lowest BCUT2D eigenvalue weighted by Gasteiger charge is -2.16. The fourth-order valence-electron chi connectivity index (χ4n) is 2.05. The lowest BCUT2D eigenvalue weighted by atomic mass is 10.1. The molecule has 0 aliphatic rings. The number of methoxy groups -OCH3 is 1. The van der Waals surface area contributed by atoms with Crippen LogP contribution in [-0.2, 0) is 6.42 Å². The number of para-hydroxylation sites is 1. The molecule has 2 rings (SSSR count). The van der Waals surface area contributed by atoms with Crippen molar-refractivity contribution in [3.8, 4) is 5.75 Å². The summed E-state index contributed by atoms with van der Waals surface area (Å²) in [7, 11) is 1.61. The van der Waals surface area contributed by atoms with Crippen LogP contribution in [0.15, 0.2) is 42.5 Å². The molecule has 0 saturated heterocycles. The van der Waals surface area contributed by atoms with E-state index in [9.17, 15) is 8.78 Å². The van der Waals surface area contributed by atoms with Crippen LogP contribution in [0.3, 0.4) is 0 Å². The van der Waals surface area contributed by atoms with Crippen LogP contribution in [0.2, 0.25) is 0 Å². The van der Waals surface area contributed by atoms with Gasteiger partial charge >= 0.3 is 0 Å². The van der Waals surface area contributed by atoms with E-state index in [4.69, 9.17) is 4.74 Å². The van der Waals surface area contributed by atoms with Gasteiger partial charge in [0.25, 0.3) is 0 Å². The van der Waals surface area contributed by atoms with E-state index in [2.05, 4.69) is 5.32 Å². The second-order valence-corrected chi connectivity index (χ2v) is 4.69. The van der Waals surface area contributed by atoms with Crippen molar-refractivity contribution in [1.29, 1.82) is 0 Å². The van der Waals surface area contributed by atoms with Gasteiger partial charge in [-0.3, -0.25) is 0 Å². The highest BCUT2D eigenvalue weighted by Crippen LogP contribution is 2.20. The number of benzene rings is 2. The summed E-state index contributed by atoms with van der Waals surface area (Å²) in [4.78, 5) is 0. The standard InChI is InChI=1S/C16H17F2NO/c1-11(10-12-6-8-13(20-2)9-7-12)19-16-14(17)4-3-5-15(16)18/h3-9,11,19H,10H2,1-2H3. The number of nitrogens with one attached hydrogen (secondary N) is 1. The minimum absolute atomic E-state index is 0.0755. The van der Waals surface area contributed by atoms with Crippen molar-refractivity contribution >= 4 is 5.69 Å². The van der Waals surface area contributed by atoms with Crippen LogP contribution in [0.1, 0.15) is 12.5 Å². The van der Waals surface area contributed by atoms with E-state index in [0.29, 0.717) is 6.42 Å². The molecular weight excluding hydrogens is 260 g/mol. The summed E-state index contributed by atoms with van der Waals surface area (Å²) in [5, 5.41) is 2.87. The molecule has 0 aliphatic heterocycles. The number of hydrogen-bond acceptors (Lipinski definition) is 2. The van der Waals surface area contributed by atoms with Crippen LogP contribution in [0, 0.1) is 11.6 Å². The number of ether oxygens (including phenoxy) is 1. The molecule has 1 unspecified atom stereocenters. The summed E-state index contributed by atoms with van der Waals surface area (Å²) in [6.07, 6.45) is 0.664. The Labute approximate surface area is 117 Å². The van der Waals surface area contributed by atoms with Crippen LogP contribution < -0.4 is 10.1 Å². The molecule has 20 heavy (non-hydrogen) atoms. The first-order valence-corrected chi connectivity index (χ1v) is 6.43. The lowest BCUT2D eigenvalue weighted by molar-refractivity contribution is 0.414. The molecule has 2 nitrogen and oxygen atoms in total. The Morgan fingerprint density at radius 3 is 2.20 bits per heavy atom. The Bertz CT molecular complexity index is 549. The smallest absolute Gasteiger partial charge is 0.149 e. The Morgan fingerprint density at radius 2 is 1.65 bits per heavy atom. The minimum atomic E-state index is -0.577. The van der Waals surface area contributed by atoms with Gasteiger partial charge in [-0.1, -0.05) is 18.2 Å². The quantitative estimate of drug-likeness (QED) is 0.891. The summed E-state index contributed by atoms with van der Waals surface area (Å²) in [5.41, 5.74) is 0.996. The molecule has 106 valence electrons. The third-order valence-corrected chi connectivity index (χ3v) is 3.05. The number of rotatable bonds is 5. The van der Waals surface area contributed by atoms with Crippen molar-refractivity contribution in [3.63, 3.8) is 0 Å². The van der Waals surface area contributed by atoms with Crippen LogP contribution in [0.25, 0.3) is 0 Å². The summed E-state index contributed by atoms with van der Waals surface area (Å²) in [6.45, 7) is 1.89. The molecule has 0 aromatic heterocycles. The maximum absolute atomic E-state index is 13.5. The fraction of sp³-hybridized carbons (Fsp3) is 0.250. The molecule has 0 fully saturated rings. The van der Waals surface area contributed by atoms with E-state index in [-0.39, 0.29) is 11.7 Å². The summed E-state index contributed by atoms with van der Waals surface area (Å²) in [6, 6.07) is 11.4. The van der Waals surface area contributed by atoms with Gasteiger partial charge < -0.3 is 10.1 Å². The van der Waals surface area contributed by atoms with Gasteiger partial charge in [0, 0.05) is 6.04 Å². The number of anilines is 1. The minimum Gasteiger partial charge on any atom is -0.497 e. The fourth-order valence-corrected chi connectivity index (χ4v) is 2.05. The zero-order chi connectivity index (χ0) is 14.5. The van der Waals surface area contributed by atoms with E-state index < -0.39 is 11.6 Å². The maximum Gasteiger partial charge on any atom is 0.149 e. The average Bonchev–Trinajstić information content (AvgIpc) is 2.44. The van der Waals surface area contributed by atoms with E-state index in [1.165, 1.54) is 18.2 Å². The molecular formula is C16H17F2NO. The highest BCUT2D eigenvalue weighted by Gasteiger charge is 2.11. The first-order valence-electron chi connectivity index (χ1n) is 6.43. The van der Waals surface area contributed by atoms with Crippen molar-refractivity contribution < 1.29 is 13.5 Å². The van der Waals surface area contributed by atoms with Gasteiger partial charge in [0.2, 0.25) is 0 Å². The van der Waals surface area contributed by atoms with E-state index in [0.717, 1.165) is 11.3 Å². The van der Waals surface area contributed by atoms with E-state index >= 15 is 0 Å². The van der Waals surface area contributed by atoms with Crippen molar-refractivity contribution in [3.05, 3.63) is 59.7 Å². The molecule has 0 radical (unpaired) electrons. The predicted octanol–water partition coefficient (Wildman–Crippen LogP) is 4.02. The predicted molar refractivity (Wildman–Crippen MR) is 76.1 cm³/mol. The van der Waals surface area contributed by atoms with Crippen LogP contribution in [-0.4, -0.2) is 13.2 Å². The third-order valence-electron chi connectivity index (χ3n) is 3.05. The molecule has 4 heteroatoms. The van der Waals surface area contributed by atoms with Crippen LogP contribution in [0.4, 0.5) is 14.5 Å². The third kappa shape index (κ3) is 3.47. The normalized spacial score (nSPS) is 12.0. The van der Waals surface area contributed by atoms with Crippen LogP contribution >= 0.6 is 0 Å². The van der Waals surface area contributed by atoms with Crippen LogP contribution in [0.5, 0.6) is 5.75 Å². The second kappa shape index (κ2) is 6.37. The highest BCUT2D eigenvalue weighted by atomic mass is 19.1. The molecule has 0 spiro atoms. The second-order valence-electron chi connectivity index (χ2n) is 4.69. The van der Waals surface area contributed by atoms with Gasteiger partial charge in [-0.05, 0) is 43.2 Å². The largest absolute Gasteiger partial charge is 0.497 e. The van der Waals surface area contributed by atoms with E-state index in [1.54, 1.807) is 7.11 Å². The summed E-state index contributed by atoms with van der Waals surface area (Å²) in [5.74, 6) is -0.368. The van der Waals surface area contributed by atoms with Gasteiger partial charge in [0.1, 0.15) is 23.1 Å².